The average molecular weight is 283 g/mol. The van der Waals surface area contributed by atoms with E-state index in [0.29, 0.717) is 5.56 Å². The van der Waals surface area contributed by atoms with Crippen LogP contribution in [-0.2, 0) is 0 Å². The highest BCUT2D eigenvalue weighted by Crippen LogP contribution is 2.32. The maximum Gasteiger partial charge on any atom is 0.153 e. The van der Waals surface area contributed by atoms with Crippen LogP contribution in [-0.4, -0.2) is 17.2 Å². The van der Waals surface area contributed by atoms with E-state index in [4.69, 9.17) is 0 Å². The first-order valence-corrected chi connectivity index (χ1v) is 6.85. The van der Waals surface area contributed by atoms with E-state index in [-0.39, 0.29) is 16.6 Å². The molecule has 0 aliphatic carbocycles. The molecular formula is C13H15F2N3S. The van der Waals surface area contributed by atoms with Crippen molar-refractivity contribution in [3.63, 3.8) is 0 Å². The highest BCUT2D eigenvalue weighted by molar-refractivity contribution is 7.14. The number of hydrogen-bond donors (Lipinski definition) is 1. The molecule has 1 heterocycles. The Labute approximate surface area is 114 Å². The van der Waals surface area contributed by atoms with E-state index >= 15 is 0 Å². The predicted octanol–water partition coefficient (Wildman–Crippen LogP) is 3.46. The number of hydrogen-bond acceptors (Lipinski definition) is 4. The van der Waals surface area contributed by atoms with Gasteiger partial charge in [-0.05, 0) is 32.0 Å². The quantitative estimate of drug-likeness (QED) is 0.933. The van der Waals surface area contributed by atoms with Crippen LogP contribution in [0.2, 0.25) is 0 Å². The van der Waals surface area contributed by atoms with Crippen molar-refractivity contribution in [2.75, 3.05) is 7.05 Å². The van der Waals surface area contributed by atoms with Gasteiger partial charge in [0, 0.05) is 0 Å². The van der Waals surface area contributed by atoms with E-state index in [0.717, 1.165) is 11.4 Å². The summed E-state index contributed by atoms with van der Waals surface area (Å²) < 4.78 is 27.8. The van der Waals surface area contributed by atoms with Gasteiger partial charge >= 0.3 is 0 Å². The molecule has 0 saturated carbocycles. The minimum atomic E-state index is -0.608. The lowest BCUT2D eigenvalue weighted by atomic mass is 10.1. The molecule has 3 nitrogen and oxygen atoms in total. The molecule has 0 amide bonds. The van der Waals surface area contributed by atoms with Gasteiger partial charge in [0.2, 0.25) is 0 Å². The third-order valence-electron chi connectivity index (χ3n) is 2.99. The van der Waals surface area contributed by atoms with Gasteiger partial charge in [-0.1, -0.05) is 24.3 Å². The van der Waals surface area contributed by atoms with Gasteiger partial charge in [0.25, 0.3) is 0 Å². The van der Waals surface area contributed by atoms with Crippen molar-refractivity contribution < 1.29 is 8.78 Å². The Bertz CT molecular complexity index is 579. The van der Waals surface area contributed by atoms with Crippen LogP contribution in [0.1, 0.15) is 30.0 Å². The van der Waals surface area contributed by atoms with Crippen LogP contribution in [0, 0.1) is 18.6 Å². The maximum absolute atomic E-state index is 14.0. The largest absolute Gasteiger partial charge is 0.311 e. The Morgan fingerprint density at radius 3 is 2.68 bits per heavy atom. The molecule has 1 N–H and O–H groups in total. The number of nitrogens with zero attached hydrogens (tertiary/aromatic N) is 2. The smallest absolute Gasteiger partial charge is 0.153 e. The first-order chi connectivity index (χ1) is 9.08. The van der Waals surface area contributed by atoms with E-state index < -0.39 is 11.6 Å². The van der Waals surface area contributed by atoms with Gasteiger partial charge in [0.05, 0.1) is 11.6 Å². The molecule has 0 fully saturated rings. The summed E-state index contributed by atoms with van der Waals surface area (Å²) in [6, 6.07) is 2.73. The Hall–Kier alpha value is -1.40. The Balaban J connectivity index is 2.46. The zero-order valence-corrected chi connectivity index (χ0v) is 11.8. The predicted molar refractivity (Wildman–Crippen MR) is 72.1 cm³/mol. The fourth-order valence-corrected chi connectivity index (χ4v) is 2.91. The lowest BCUT2D eigenvalue weighted by Crippen LogP contribution is -2.14. The Morgan fingerprint density at radius 1 is 1.32 bits per heavy atom. The third kappa shape index (κ3) is 2.64. The van der Waals surface area contributed by atoms with Crippen LogP contribution in [0.15, 0.2) is 12.1 Å². The molecule has 0 bridgehead atoms. The van der Waals surface area contributed by atoms with E-state index in [1.165, 1.54) is 23.5 Å². The second-order valence-corrected chi connectivity index (χ2v) is 5.26. The van der Waals surface area contributed by atoms with E-state index in [2.05, 4.69) is 15.5 Å². The van der Waals surface area contributed by atoms with Crippen LogP contribution in [0.25, 0.3) is 10.6 Å². The minimum Gasteiger partial charge on any atom is -0.311 e. The van der Waals surface area contributed by atoms with Gasteiger partial charge < -0.3 is 5.32 Å². The van der Waals surface area contributed by atoms with Gasteiger partial charge in [-0.25, -0.2) is 8.78 Å². The third-order valence-corrected chi connectivity index (χ3v) is 4.05. The van der Waals surface area contributed by atoms with Crippen LogP contribution < -0.4 is 5.32 Å². The summed E-state index contributed by atoms with van der Waals surface area (Å²) in [7, 11) is 1.82. The van der Waals surface area contributed by atoms with Crippen LogP contribution in [0.5, 0.6) is 0 Å². The molecule has 2 aromatic rings. The zero-order chi connectivity index (χ0) is 14.0. The molecule has 1 aromatic carbocycles. The standard InChI is InChI=1S/C13H15F2N3S/c1-4-9(16-3)12-17-18-13(19-12)10-8(14)6-5-7(2)11(10)15/h5-6,9,16H,4H2,1-3H3. The van der Waals surface area contributed by atoms with Crippen molar-refractivity contribution in [2.24, 2.45) is 0 Å². The number of rotatable bonds is 4. The number of nitrogens with one attached hydrogen (secondary N) is 1. The molecular weight excluding hydrogens is 268 g/mol. The topological polar surface area (TPSA) is 37.8 Å². The normalized spacial score (nSPS) is 12.7. The van der Waals surface area contributed by atoms with Gasteiger partial charge in [-0.15, -0.1) is 10.2 Å². The summed E-state index contributed by atoms with van der Waals surface area (Å²) in [4.78, 5) is 0. The molecule has 6 heteroatoms. The average Bonchev–Trinajstić information content (AvgIpc) is 2.85. The SMILES string of the molecule is CCC(NC)c1nnc(-c2c(F)ccc(C)c2F)s1. The molecule has 2 rings (SSSR count). The van der Waals surface area contributed by atoms with Gasteiger partial charge in [-0.3, -0.25) is 0 Å². The number of halogens is 2. The maximum atomic E-state index is 14.0. The number of benzene rings is 1. The Kier molecular flexibility index (Phi) is 4.21. The summed E-state index contributed by atoms with van der Waals surface area (Å²) >= 11 is 1.22. The molecule has 0 aliphatic heterocycles. The van der Waals surface area contributed by atoms with E-state index in [9.17, 15) is 8.78 Å². The molecule has 1 unspecified atom stereocenters. The lowest BCUT2D eigenvalue weighted by molar-refractivity contribution is 0.568. The van der Waals surface area contributed by atoms with Gasteiger partial charge in [-0.2, -0.15) is 0 Å². The summed E-state index contributed by atoms with van der Waals surface area (Å²) in [6.07, 6.45) is 0.837. The lowest BCUT2D eigenvalue weighted by Gasteiger charge is -2.08. The fourth-order valence-electron chi connectivity index (χ4n) is 1.83. The Morgan fingerprint density at radius 2 is 2.05 bits per heavy atom. The second kappa shape index (κ2) is 5.71. The summed E-state index contributed by atoms with van der Waals surface area (Å²) in [5.41, 5.74) is 0.309. The highest BCUT2D eigenvalue weighted by Gasteiger charge is 2.20. The molecule has 0 aliphatic rings. The van der Waals surface area contributed by atoms with Crippen LogP contribution in [0.3, 0.4) is 0 Å². The van der Waals surface area contributed by atoms with Crippen LogP contribution >= 0.6 is 11.3 Å². The van der Waals surface area contributed by atoms with Gasteiger partial charge in [0.15, 0.2) is 5.01 Å². The first-order valence-electron chi connectivity index (χ1n) is 6.04. The summed E-state index contributed by atoms with van der Waals surface area (Å²) in [5, 5.41) is 12.0. The van der Waals surface area contributed by atoms with Crippen molar-refractivity contribution in [3.05, 3.63) is 34.3 Å². The summed E-state index contributed by atoms with van der Waals surface area (Å²) in [5.74, 6) is -1.18. The highest BCUT2D eigenvalue weighted by atomic mass is 32.1. The number of aromatic nitrogens is 2. The van der Waals surface area contributed by atoms with E-state index in [1.807, 2.05) is 14.0 Å². The van der Waals surface area contributed by atoms with Crippen molar-refractivity contribution in [3.8, 4) is 10.6 Å². The molecule has 0 spiro atoms. The summed E-state index contributed by atoms with van der Waals surface area (Å²) in [6.45, 7) is 3.61. The molecule has 1 aromatic heterocycles. The van der Waals surface area contributed by atoms with Crippen molar-refractivity contribution >= 4 is 11.3 Å². The molecule has 19 heavy (non-hydrogen) atoms. The van der Waals surface area contributed by atoms with Gasteiger partial charge in [0.1, 0.15) is 16.6 Å². The van der Waals surface area contributed by atoms with Crippen molar-refractivity contribution in [2.45, 2.75) is 26.3 Å². The molecule has 102 valence electrons. The fraction of sp³-hybridized carbons (Fsp3) is 0.385. The molecule has 1 atom stereocenters. The minimum absolute atomic E-state index is 0.0576. The van der Waals surface area contributed by atoms with Crippen molar-refractivity contribution in [1.82, 2.24) is 15.5 Å². The molecule has 0 saturated heterocycles. The number of aryl methyl sites for hydroxylation is 1. The molecule has 0 radical (unpaired) electrons. The monoisotopic (exact) mass is 283 g/mol. The van der Waals surface area contributed by atoms with Crippen molar-refractivity contribution in [1.29, 1.82) is 0 Å². The first kappa shape index (κ1) is 14.0. The second-order valence-electron chi connectivity index (χ2n) is 4.25. The zero-order valence-electron chi connectivity index (χ0n) is 11.0. The van der Waals surface area contributed by atoms with E-state index in [1.54, 1.807) is 6.92 Å². The van der Waals surface area contributed by atoms with Crippen LogP contribution in [0.4, 0.5) is 8.78 Å².